The maximum absolute atomic E-state index is 2.51. The van der Waals surface area contributed by atoms with E-state index in [1.807, 2.05) is 0 Å². The van der Waals surface area contributed by atoms with Gasteiger partial charge in [-0.05, 0) is 73.3 Å². The average molecular weight is 377 g/mol. The zero-order valence-corrected chi connectivity index (χ0v) is 20.7. The molecule has 1 fully saturated rings. The van der Waals surface area contributed by atoms with Crippen molar-refractivity contribution in [2.24, 2.45) is 0 Å². The number of rotatable bonds is 3. The largest absolute Gasteiger partial charge is 0.0656 e. The molecule has 0 saturated heterocycles. The lowest BCUT2D eigenvalue weighted by Gasteiger charge is -2.27. The van der Waals surface area contributed by atoms with E-state index in [2.05, 4.69) is 75.3 Å². The van der Waals surface area contributed by atoms with Crippen molar-refractivity contribution in [2.45, 2.75) is 139 Å². The van der Waals surface area contributed by atoms with Gasteiger partial charge in [-0.3, -0.25) is 0 Å². The SMILES string of the molecule is CCC.CCC.CCC.CCc1c(C)cc(C2CCCCC2)c(CC)c1C. The van der Waals surface area contributed by atoms with Gasteiger partial charge in [0.2, 0.25) is 0 Å². The van der Waals surface area contributed by atoms with Crippen molar-refractivity contribution in [2.75, 3.05) is 0 Å². The normalized spacial score (nSPS) is 13.4. The van der Waals surface area contributed by atoms with E-state index in [4.69, 9.17) is 0 Å². The summed E-state index contributed by atoms with van der Waals surface area (Å²) in [6.07, 6.45) is 13.3. The fourth-order valence-corrected chi connectivity index (χ4v) is 3.89. The van der Waals surface area contributed by atoms with E-state index in [0.29, 0.717) is 0 Å². The fourth-order valence-electron chi connectivity index (χ4n) is 3.89. The average Bonchev–Trinajstić information content (AvgIpc) is 2.64. The maximum Gasteiger partial charge on any atom is -0.0159 e. The molecule has 0 atom stereocenters. The molecule has 1 saturated carbocycles. The van der Waals surface area contributed by atoms with Crippen LogP contribution in [0.5, 0.6) is 0 Å². The first-order valence-corrected chi connectivity index (χ1v) is 12.0. The molecule has 1 aromatic rings. The summed E-state index contributed by atoms with van der Waals surface area (Å²) < 4.78 is 0. The molecule has 0 heteroatoms. The summed E-state index contributed by atoms with van der Waals surface area (Å²) in [6, 6.07) is 2.51. The Morgan fingerprint density at radius 3 is 1.44 bits per heavy atom. The molecule has 0 amide bonds. The van der Waals surface area contributed by atoms with Gasteiger partial charge >= 0.3 is 0 Å². The number of hydrogen-bond donors (Lipinski definition) is 0. The van der Waals surface area contributed by atoms with Crippen LogP contribution in [0.25, 0.3) is 0 Å². The van der Waals surface area contributed by atoms with E-state index >= 15 is 0 Å². The predicted octanol–water partition coefficient (Wildman–Crippen LogP) is 9.72. The van der Waals surface area contributed by atoms with Gasteiger partial charge in [0, 0.05) is 0 Å². The molecule has 2 rings (SSSR count). The molecule has 0 heterocycles. The highest BCUT2D eigenvalue weighted by atomic mass is 14.3. The zero-order valence-electron chi connectivity index (χ0n) is 20.7. The first-order chi connectivity index (χ1) is 12.9. The molecular weight excluding hydrogens is 324 g/mol. The molecular formula is C27H52. The van der Waals surface area contributed by atoms with E-state index in [9.17, 15) is 0 Å². The molecule has 1 aliphatic rings. The van der Waals surface area contributed by atoms with E-state index in [1.54, 1.807) is 22.3 Å². The minimum atomic E-state index is 0.844. The summed E-state index contributed by atoms with van der Waals surface area (Å²) in [6.45, 7) is 22.0. The predicted molar refractivity (Wildman–Crippen MR) is 128 cm³/mol. The Kier molecular flexibility index (Phi) is 19.6. The van der Waals surface area contributed by atoms with Crippen molar-refractivity contribution in [3.8, 4) is 0 Å². The lowest BCUT2D eigenvalue weighted by Crippen LogP contribution is -2.10. The van der Waals surface area contributed by atoms with E-state index in [-0.39, 0.29) is 0 Å². The Balaban J connectivity index is 0. The fraction of sp³-hybridized carbons (Fsp3) is 0.778. The summed E-state index contributed by atoms with van der Waals surface area (Å²) in [4.78, 5) is 0. The van der Waals surface area contributed by atoms with E-state index in [1.165, 1.54) is 69.8 Å². The maximum atomic E-state index is 2.51. The van der Waals surface area contributed by atoms with E-state index in [0.717, 1.165) is 5.92 Å². The van der Waals surface area contributed by atoms with Gasteiger partial charge in [-0.1, -0.05) is 100.0 Å². The Morgan fingerprint density at radius 1 is 0.667 bits per heavy atom. The van der Waals surface area contributed by atoms with Crippen LogP contribution in [0.4, 0.5) is 0 Å². The molecule has 0 aliphatic heterocycles. The molecule has 0 nitrogen and oxygen atoms in total. The van der Waals surface area contributed by atoms with Crippen LogP contribution >= 0.6 is 0 Å². The van der Waals surface area contributed by atoms with Gasteiger partial charge in [-0.25, -0.2) is 0 Å². The standard InChI is InChI=1S/C18H28.3C3H8/c1-5-16-13(3)12-18(17(6-2)14(16)4)15-10-8-7-9-11-15;3*1-3-2/h12,15H,5-11H2,1-4H3;3*3H2,1-2H3. The van der Waals surface area contributed by atoms with Crippen LogP contribution in [-0.4, -0.2) is 0 Å². The Morgan fingerprint density at radius 2 is 1.07 bits per heavy atom. The highest BCUT2D eigenvalue weighted by Crippen LogP contribution is 2.37. The summed E-state index contributed by atoms with van der Waals surface area (Å²) in [5.74, 6) is 0.844. The summed E-state index contributed by atoms with van der Waals surface area (Å²) in [5, 5.41) is 0. The van der Waals surface area contributed by atoms with Crippen LogP contribution in [0.15, 0.2) is 6.07 Å². The molecule has 1 aliphatic carbocycles. The van der Waals surface area contributed by atoms with Crippen molar-refractivity contribution < 1.29 is 0 Å². The molecule has 0 unspecified atom stereocenters. The number of hydrogen-bond acceptors (Lipinski definition) is 0. The van der Waals surface area contributed by atoms with Crippen LogP contribution in [0.2, 0.25) is 0 Å². The highest BCUT2D eigenvalue weighted by molar-refractivity contribution is 5.46. The first kappa shape index (κ1) is 28.4. The second-order valence-electron chi connectivity index (χ2n) is 8.03. The van der Waals surface area contributed by atoms with Crippen molar-refractivity contribution in [1.29, 1.82) is 0 Å². The van der Waals surface area contributed by atoms with E-state index < -0.39 is 0 Å². The van der Waals surface area contributed by atoms with Gasteiger partial charge in [0.25, 0.3) is 0 Å². The smallest absolute Gasteiger partial charge is 0.0159 e. The van der Waals surface area contributed by atoms with Crippen LogP contribution in [0.3, 0.4) is 0 Å². The van der Waals surface area contributed by atoms with Gasteiger partial charge in [0.05, 0.1) is 0 Å². The zero-order chi connectivity index (χ0) is 21.2. The Bertz CT molecular complexity index is 445. The quantitative estimate of drug-likeness (QED) is 0.492. The monoisotopic (exact) mass is 376 g/mol. The second kappa shape index (κ2) is 18.6. The Hall–Kier alpha value is -0.780. The summed E-state index contributed by atoms with van der Waals surface area (Å²) in [7, 11) is 0. The molecule has 160 valence electrons. The van der Waals surface area contributed by atoms with Gasteiger partial charge in [-0.15, -0.1) is 0 Å². The van der Waals surface area contributed by atoms with Gasteiger partial charge < -0.3 is 0 Å². The van der Waals surface area contributed by atoms with Gasteiger partial charge in [0.1, 0.15) is 0 Å². The number of benzene rings is 1. The first-order valence-electron chi connectivity index (χ1n) is 12.0. The molecule has 0 radical (unpaired) electrons. The van der Waals surface area contributed by atoms with Crippen molar-refractivity contribution in [3.63, 3.8) is 0 Å². The summed E-state index contributed by atoms with van der Waals surface area (Å²) >= 11 is 0. The molecule has 1 aromatic carbocycles. The third-order valence-corrected chi connectivity index (χ3v) is 4.85. The molecule has 0 N–H and O–H groups in total. The highest BCUT2D eigenvalue weighted by Gasteiger charge is 2.20. The molecule has 0 bridgehead atoms. The second-order valence-corrected chi connectivity index (χ2v) is 8.03. The number of aryl methyl sites for hydroxylation is 1. The van der Waals surface area contributed by atoms with Crippen LogP contribution in [0, 0.1) is 13.8 Å². The third kappa shape index (κ3) is 11.0. The lowest BCUT2D eigenvalue weighted by molar-refractivity contribution is 0.441. The van der Waals surface area contributed by atoms with Crippen LogP contribution < -0.4 is 0 Å². The topological polar surface area (TPSA) is 0 Å². The van der Waals surface area contributed by atoms with Crippen LogP contribution in [-0.2, 0) is 12.8 Å². The lowest BCUT2D eigenvalue weighted by atomic mass is 9.78. The van der Waals surface area contributed by atoms with Crippen molar-refractivity contribution in [1.82, 2.24) is 0 Å². The van der Waals surface area contributed by atoms with Gasteiger partial charge in [-0.2, -0.15) is 0 Å². The third-order valence-electron chi connectivity index (χ3n) is 4.85. The summed E-state index contributed by atoms with van der Waals surface area (Å²) in [5.41, 5.74) is 8.04. The molecule has 0 spiro atoms. The van der Waals surface area contributed by atoms with Crippen LogP contribution in [0.1, 0.15) is 140 Å². The van der Waals surface area contributed by atoms with Crippen molar-refractivity contribution >= 4 is 0 Å². The Labute approximate surface area is 173 Å². The van der Waals surface area contributed by atoms with Crippen molar-refractivity contribution in [3.05, 3.63) is 33.9 Å². The molecule has 27 heavy (non-hydrogen) atoms. The minimum Gasteiger partial charge on any atom is -0.0656 e. The molecule has 0 aromatic heterocycles. The minimum absolute atomic E-state index is 0.844. The van der Waals surface area contributed by atoms with Gasteiger partial charge in [0.15, 0.2) is 0 Å².